The quantitative estimate of drug-likeness (QED) is 0.869. The molecule has 2 aromatic rings. The summed E-state index contributed by atoms with van der Waals surface area (Å²) in [6, 6.07) is 4.06. The Labute approximate surface area is 137 Å². The molecule has 1 aromatic carbocycles. The third kappa shape index (κ3) is 3.73. The third-order valence-corrected chi connectivity index (χ3v) is 6.35. The zero-order valence-electron chi connectivity index (χ0n) is 14.3. The van der Waals surface area contributed by atoms with Crippen molar-refractivity contribution in [2.24, 2.45) is 0 Å². The zero-order valence-corrected chi connectivity index (χ0v) is 15.1. The van der Waals surface area contributed by atoms with E-state index in [9.17, 15) is 13.5 Å². The van der Waals surface area contributed by atoms with Gasteiger partial charge in [0, 0.05) is 13.6 Å². The molecule has 1 aromatic heterocycles. The smallest absolute Gasteiger partial charge is 0.216 e. The first-order valence-corrected chi connectivity index (χ1v) is 9.18. The number of aryl methyl sites for hydroxylation is 2. The average Bonchev–Trinajstić information content (AvgIpc) is 2.81. The average molecular weight is 339 g/mol. The fourth-order valence-corrected chi connectivity index (χ4v) is 3.60. The number of imidazole rings is 1. The molecule has 0 aliphatic carbocycles. The molecule has 0 aliphatic heterocycles. The van der Waals surface area contributed by atoms with Crippen LogP contribution in [0.1, 0.15) is 25.0 Å². The van der Waals surface area contributed by atoms with Crippen molar-refractivity contribution in [3.05, 3.63) is 29.6 Å². The van der Waals surface area contributed by atoms with E-state index >= 15 is 0 Å². The maximum Gasteiger partial charge on any atom is 0.216 e. The van der Waals surface area contributed by atoms with Gasteiger partial charge in [-0.05, 0) is 51.0 Å². The van der Waals surface area contributed by atoms with E-state index in [4.69, 9.17) is 0 Å². The van der Waals surface area contributed by atoms with Crippen LogP contribution < -0.4 is 0 Å². The summed E-state index contributed by atoms with van der Waals surface area (Å²) < 4.78 is 27.2. The minimum absolute atomic E-state index is 0.0605. The lowest BCUT2D eigenvalue weighted by Crippen LogP contribution is -2.39. The molecule has 0 fully saturated rings. The number of aliphatic hydroxyl groups excluding tert-OH is 1. The molecule has 1 heterocycles. The fourth-order valence-electron chi connectivity index (χ4n) is 2.50. The summed E-state index contributed by atoms with van der Waals surface area (Å²) in [6.07, 6.45) is 0.886. The minimum Gasteiger partial charge on any atom is -0.390 e. The van der Waals surface area contributed by atoms with Crippen molar-refractivity contribution in [1.82, 2.24) is 13.9 Å². The first kappa shape index (κ1) is 17.9. The molecule has 0 radical (unpaired) electrons. The zero-order chi connectivity index (χ0) is 17.4. The highest BCUT2D eigenvalue weighted by Gasteiger charge is 2.24. The second-order valence-electron chi connectivity index (χ2n) is 6.35. The Morgan fingerprint density at radius 1 is 1.26 bits per heavy atom. The number of sulfonamides is 1. The van der Waals surface area contributed by atoms with Crippen LogP contribution in [0, 0.1) is 13.8 Å². The number of likely N-dealkylation sites (N-methyl/N-ethyl adjacent to an activating group) is 1. The summed E-state index contributed by atoms with van der Waals surface area (Å²) >= 11 is 0. The molecule has 7 heteroatoms. The molecule has 1 atom stereocenters. The van der Waals surface area contributed by atoms with E-state index in [0.717, 1.165) is 16.6 Å². The third-order valence-electron chi connectivity index (χ3n) is 4.14. The van der Waals surface area contributed by atoms with Gasteiger partial charge in [-0.25, -0.2) is 17.7 Å². The van der Waals surface area contributed by atoms with Crippen LogP contribution in [0.15, 0.2) is 18.5 Å². The normalized spacial score (nSPS) is 14.1. The van der Waals surface area contributed by atoms with Crippen molar-refractivity contribution < 1.29 is 13.5 Å². The van der Waals surface area contributed by atoms with Gasteiger partial charge in [-0.15, -0.1) is 0 Å². The number of hydrogen-bond acceptors (Lipinski definition) is 4. The molecule has 2 rings (SSSR count). The molecule has 0 unspecified atom stereocenters. The molecule has 0 saturated carbocycles. The standard InChI is InChI=1S/C16H25N3O3S/c1-11(2)23(21,22)18(5)8-14(20)9-19-10-17-15-6-12(3)13(4)7-16(15)19/h6-7,10-11,14,20H,8-9H2,1-5H3/t14-/m0/s1. The Balaban J connectivity index is 2.15. The highest BCUT2D eigenvalue weighted by atomic mass is 32.2. The molecule has 128 valence electrons. The van der Waals surface area contributed by atoms with Crippen molar-refractivity contribution in [1.29, 1.82) is 0 Å². The molecule has 0 spiro atoms. The molecule has 6 nitrogen and oxygen atoms in total. The van der Waals surface area contributed by atoms with Gasteiger partial charge >= 0.3 is 0 Å². The predicted molar refractivity (Wildman–Crippen MR) is 91.9 cm³/mol. The van der Waals surface area contributed by atoms with E-state index in [1.54, 1.807) is 20.2 Å². The molecular formula is C16H25N3O3S. The van der Waals surface area contributed by atoms with Gasteiger partial charge in [0.15, 0.2) is 0 Å². The number of fused-ring (bicyclic) bond motifs is 1. The number of aliphatic hydroxyl groups is 1. The Bertz CT molecular complexity index is 796. The molecule has 0 bridgehead atoms. The molecule has 1 N–H and O–H groups in total. The first-order valence-electron chi connectivity index (χ1n) is 7.68. The Hall–Kier alpha value is -1.44. The van der Waals surface area contributed by atoms with Gasteiger partial charge in [0.1, 0.15) is 0 Å². The summed E-state index contributed by atoms with van der Waals surface area (Å²) in [6.45, 7) is 7.70. The van der Waals surface area contributed by atoms with Crippen LogP contribution in [-0.2, 0) is 16.6 Å². The lowest BCUT2D eigenvalue weighted by atomic mass is 10.1. The van der Waals surface area contributed by atoms with Crippen molar-refractivity contribution >= 4 is 21.1 Å². The van der Waals surface area contributed by atoms with Crippen LogP contribution in [0.2, 0.25) is 0 Å². The number of aromatic nitrogens is 2. The molecule has 0 amide bonds. The number of rotatable bonds is 6. The summed E-state index contributed by atoms with van der Waals surface area (Å²) in [5, 5.41) is 9.76. The second-order valence-corrected chi connectivity index (χ2v) is 8.95. The topological polar surface area (TPSA) is 75.4 Å². The molecule has 23 heavy (non-hydrogen) atoms. The van der Waals surface area contributed by atoms with Gasteiger partial charge in [0.2, 0.25) is 10.0 Å². The van der Waals surface area contributed by atoms with Crippen LogP contribution in [0.4, 0.5) is 0 Å². The number of hydrogen-bond donors (Lipinski definition) is 1. The Kier molecular flexibility index (Phi) is 5.13. The summed E-state index contributed by atoms with van der Waals surface area (Å²) in [4.78, 5) is 4.35. The second kappa shape index (κ2) is 6.59. The van der Waals surface area contributed by atoms with E-state index in [1.165, 1.54) is 16.9 Å². The minimum atomic E-state index is -3.36. The largest absolute Gasteiger partial charge is 0.390 e. The van der Waals surface area contributed by atoms with Gasteiger partial charge in [0.25, 0.3) is 0 Å². The van der Waals surface area contributed by atoms with Gasteiger partial charge < -0.3 is 9.67 Å². The summed E-state index contributed by atoms with van der Waals surface area (Å²) in [5.41, 5.74) is 4.16. The number of benzene rings is 1. The SMILES string of the molecule is Cc1cc2ncn(C[C@@H](O)CN(C)S(=O)(=O)C(C)C)c2cc1C. The van der Waals surface area contributed by atoms with Crippen molar-refractivity contribution in [3.8, 4) is 0 Å². The van der Waals surface area contributed by atoms with Gasteiger partial charge in [0.05, 0.1) is 35.3 Å². The number of nitrogens with zero attached hydrogens (tertiary/aromatic N) is 3. The van der Waals surface area contributed by atoms with Gasteiger partial charge in [-0.3, -0.25) is 0 Å². The van der Waals surface area contributed by atoms with E-state index < -0.39 is 21.4 Å². The van der Waals surface area contributed by atoms with E-state index in [2.05, 4.69) is 4.98 Å². The van der Waals surface area contributed by atoms with E-state index in [1.807, 2.05) is 30.5 Å². The maximum absolute atomic E-state index is 12.1. The van der Waals surface area contributed by atoms with Gasteiger partial charge in [-0.2, -0.15) is 0 Å². The fraction of sp³-hybridized carbons (Fsp3) is 0.562. The van der Waals surface area contributed by atoms with Crippen LogP contribution in [0.5, 0.6) is 0 Å². The highest BCUT2D eigenvalue weighted by Crippen LogP contribution is 2.19. The highest BCUT2D eigenvalue weighted by molar-refractivity contribution is 7.89. The lowest BCUT2D eigenvalue weighted by molar-refractivity contribution is 0.135. The summed E-state index contributed by atoms with van der Waals surface area (Å²) in [5.74, 6) is 0. The Morgan fingerprint density at radius 2 is 1.87 bits per heavy atom. The van der Waals surface area contributed by atoms with Crippen LogP contribution in [-0.4, -0.2) is 52.3 Å². The van der Waals surface area contributed by atoms with Crippen LogP contribution in [0.3, 0.4) is 0 Å². The maximum atomic E-state index is 12.1. The van der Waals surface area contributed by atoms with E-state index in [0.29, 0.717) is 6.54 Å². The van der Waals surface area contributed by atoms with Crippen molar-refractivity contribution in [2.45, 2.75) is 45.6 Å². The Morgan fingerprint density at radius 3 is 2.48 bits per heavy atom. The van der Waals surface area contributed by atoms with E-state index in [-0.39, 0.29) is 6.54 Å². The molecule has 0 aliphatic rings. The van der Waals surface area contributed by atoms with Crippen LogP contribution >= 0.6 is 0 Å². The van der Waals surface area contributed by atoms with Gasteiger partial charge in [-0.1, -0.05) is 0 Å². The van der Waals surface area contributed by atoms with Crippen molar-refractivity contribution in [3.63, 3.8) is 0 Å². The predicted octanol–water partition coefficient (Wildman–Crippen LogP) is 1.68. The van der Waals surface area contributed by atoms with Crippen molar-refractivity contribution in [2.75, 3.05) is 13.6 Å². The molecular weight excluding hydrogens is 314 g/mol. The van der Waals surface area contributed by atoms with Crippen LogP contribution in [0.25, 0.3) is 11.0 Å². The molecule has 0 saturated heterocycles. The lowest BCUT2D eigenvalue weighted by Gasteiger charge is -2.22. The monoisotopic (exact) mass is 339 g/mol. The first-order chi connectivity index (χ1) is 10.6. The summed E-state index contributed by atoms with van der Waals surface area (Å²) in [7, 11) is -1.86.